The van der Waals surface area contributed by atoms with E-state index in [4.69, 9.17) is 13.6 Å². The molecule has 1 saturated heterocycles. The Labute approximate surface area is 145 Å². The van der Waals surface area contributed by atoms with Crippen molar-refractivity contribution < 1.29 is 23.2 Å². The number of carbonyl (C=O) groups excluding carboxylic acids is 2. The summed E-state index contributed by atoms with van der Waals surface area (Å²) in [6.45, 7) is 4.52. The predicted octanol–water partition coefficient (Wildman–Crippen LogP) is 2.07. The van der Waals surface area contributed by atoms with Gasteiger partial charge in [-0.15, -0.1) is 0 Å². The molecule has 25 heavy (non-hydrogen) atoms. The number of hydrogen-bond acceptors (Lipinski definition) is 5. The molecule has 1 aliphatic heterocycles. The molecule has 0 aliphatic carbocycles. The minimum Gasteiger partial charge on any atom is -0.466 e. The summed E-state index contributed by atoms with van der Waals surface area (Å²) in [5, 5.41) is 2.92. The lowest BCUT2D eigenvalue weighted by atomic mass is 10.0. The van der Waals surface area contributed by atoms with E-state index in [0.717, 1.165) is 11.5 Å². The van der Waals surface area contributed by atoms with Gasteiger partial charge >= 0.3 is 0 Å². The summed E-state index contributed by atoms with van der Waals surface area (Å²) in [6.07, 6.45) is 0. The monoisotopic (exact) mass is 346 g/mol. The Morgan fingerprint density at radius 3 is 2.68 bits per heavy atom. The summed E-state index contributed by atoms with van der Waals surface area (Å²) in [4.78, 5) is 25.9. The van der Waals surface area contributed by atoms with E-state index in [1.807, 2.05) is 19.1 Å². The number of carbonyl (C=O) groups is 2. The van der Waals surface area contributed by atoms with Crippen LogP contribution in [0.15, 0.2) is 33.1 Å². The highest BCUT2D eigenvalue weighted by Gasteiger charge is 2.39. The molecule has 1 fully saturated rings. The molecule has 0 aromatic carbocycles. The van der Waals surface area contributed by atoms with E-state index in [-0.39, 0.29) is 29.5 Å². The van der Waals surface area contributed by atoms with E-state index in [1.54, 1.807) is 24.1 Å². The molecule has 2 atom stereocenters. The maximum atomic E-state index is 12.7. The van der Waals surface area contributed by atoms with Crippen molar-refractivity contribution in [3.8, 4) is 0 Å². The standard InChI is InChI=1S/C18H22N2O5/c1-11-4-6-16(24-11)14-8-20(9-15(14)19-12(2)21)18(22)17-7-5-13(25-17)10-23-3/h4-7,14-15H,8-10H2,1-3H3,(H,19,21)/t14-,15-/m1/s1. The highest BCUT2D eigenvalue weighted by Crippen LogP contribution is 2.30. The molecule has 7 nitrogen and oxygen atoms in total. The third-order valence-corrected chi connectivity index (χ3v) is 4.28. The Morgan fingerprint density at radius 2 is 2.04 bits per heavy atom. The van der Waals surface area contributed by atoms with Crippen molar-refractivity contribution in [2.45, 2.75) is 32.4 Å². The molecule has 0 radical (unpaired) electrons. The van der Waals surface area contributed by atoms with Crippen molar-refractivity contribution in [2.24, 2.45) is 0 Å². The summed E-state index contributed by atoms with van der Waals surface area (Å²) in [7, 11) is 1.57. The number of nitrogens with zero attached hydrogens (tertiary/aromatic N) is 1. The minimum absolute atomic E-state index is 0.0880. The molecule has 3 heterocycles. The van der Waals surface area contributed by atoms with Gasteiger partial charge in [0.25, 0.3) is 5.91 Å². The second-order valence-electron chi connectivity index (χ2n) is 6.27. The van der Waals surface area contributed by atoms with Gasteiger partial charge in [0.2, 0.25) is 5.91 Å². The quantitative estimate of drug-likeness (QED) is 0.896. The second-order valence-corrected chi connectivity index (χ2v) is 6.27. The Hall–Kier alpha value is -2.54. The van der Waals surface area contributed by atoms with E-state index >= 15 is 0 Å². The summed E-state index contributed by atoms with van der Waals surface area (Å²) in [6, 6.07) is 6.96. The molecule has 134 valence electrons. The molecule has 2 amide bonds. The molecule has 0 saturated carbocycles. The van der Waals surface area contributed by atoms with Crippen LogP contribution in [0.3, 0.4) is 0 Å². The minimum atomic E-state index is -0.205. The predicted molar refractivity (Wildman–Crippen MR) is 89.1 cm³/mol. The fraction of sp³-hybridized carbons (Fsp3) is 0.444. The molecule has 1 aliphatic rings. The summed E-state index contributed by atoms with van der Waals surface area (Å²) < 4.78 is 16.3. The van der Waals surface area contributed by atoms with E-state index in [0.29, 0.717) is 25.5 Å². The van der Waals surface area contributed by atoms with Gasteiger partial charge < -0.3 is 23.8 Å². The van der Waals surface area contributed by atoms with Gasteiger partial charge in [0.15, 0.2) is 5.76 Å². The summed E-state index contributed by atoms with van der Waals surface area (Å²) in [5.74, 6) is 2.01. The van der Waals surface area contributed by atoms with Gasteiger partial charge in [0.1, 0.15) is 23.9 Å². The van der Waals surface area contributed by atoms with Gasteiger partial charge in [0, 0.05) is 27.1 Å². The topological polar surface area (TPSA) is 84.9 Å². The SMILES string of the molecule is COCc1ccc(C(=O)N2C[C@@H](NC(C)=O)[C@H](c3ccc(C)o3)C2)o1. The number of rotatable bonds is 5. The third kappa shape index (κ3) is 3.76. The molecule has 1 N–H and O–H groups in total. The van der Waals surface area contributed by atoms with Gasteiger partial charge in [-0.2, -0.15) is 0 Å². The van der Waals surface area contributed by atoms with Gasteiger partial charge in [-0.05, 0) is 31.2 Å². The van der Waals surface area contributed by atoms with Crippen LogP contribution in [-0.2, 0) is 16.1 Å². The van der Waals surface area contributed by atoms with Gasteiger partial charge in [-0.1, -0.05) is 0 Å². The van der Waals surface area contributed by atoms with Crippen molar-refractivity contribution in [1.82, 2.24) is 10.2 Å². The highest BCUT2D eigenvalue weighted by molar-refractivity contribution is 5.92. The molecular formula is C18H22N2O5. The third-order valence-electron chi connectivity index (χ3n) is 4.28. The van der Waals surface area contributed by atoms with Crippen LogP contribution in [0, 0.1) is 6.92 Å². The second kappa shape index (κ2) is 7.14. The van der Waals surface area contributed by atoms with Crippen LogP contribution >= 0.6 is 0 Å². The van der Waals surface area contributed by atoms with E-state index in [2.05, 4.69) is 5.32 Å². The average Bonchev–Trinajstić information content (AvgIpc) is 3.26. The molecular weight excluding hydrogens is 324 g/mol. The van der Waals surface area contributed by atoms with Gasteiger partial charge in [-0.3, -0.25) is 9.59 Å². The first-order chi connectivity index (χ1) is 12.0. The average molecular weight is 346 g/mol. The number of hydrogen-bond donors (Lipinski definition) is 1. The number of likely N-dealkylation sites (tertiary alicyclic amines) is 1. The van der Waals surface area contributed by atoms with Crippen molar-refractivity contribution in [1.29, 1.82) is 0 Å². The zero-order valence-electron chi connectivity index (χ0n) is 14.6. The zero-order chi connectivity index (χ0) is 18.0. The van der Waals surface area contributed by atoms with E-state index in [1.165, 1.54) is 6.92 Å². The van der Waals surface area contributed by atoms with Crippen molar-refractivity contribution >= 4 is 11.8 Å². The lowest BCUT2D eigenvalue weighted by Crippen LogP contribution is -2.39. The molecule has 0 unspecified atom stereocenters. The Morgan fingerprint density at radius 1 is 1.24 bits per heavy atom. The summed E-state index contributed by atoms with van der Waals surface area (Å²) in [5.41, 5.74) is 0. The molecule has 2 aromatic heterocycles. The lowest BCUT2D eigenvalue weighted by molar-refractivity contribution is -0.119. The number of ether oxygens (including phenoxy) is 1. The van der Waals surface area contributed by atoms with Crippen LogP contribution in [0.1, 0.15) is 40.7 Å². The first-order valence-electron chi connectivity index (χ1n) is 8.18. The van der Waals surface area contributed by atoms with E-state index < -0.39 is 0 Å². The van der Waals surface area contributed by atoms with Crippen molar-refractivity contribution in [2.75, 3.05) is 20.2 Å². The number of furan rings is 2. The number of nitrogens with one attached hydrogen (secondary N) is 1. The molecule has 7 heteroatoms. The first-order valence-corrected chi connectivity index (χ1v) is 8.18. The normalized spacial score (nSPS) is 20.0. The van der Waals surface area contributed by atoms with E-state index in [9.17, 15) is 9.59 Å². The fourth-order valence-electron chi connectivity index (χ4n) is 3.19. The molecule has 2 aromatic rings. The fourth-order valence-corrected chi connectivity index (χ4v) is 3.19. The number of amides is 2. The lowest BCUT2D eigenvalue weighted by Gasteiger charge is -2.16. The highest BCUT2D eigenvalue weighted by atomic mass is 16.5. The molecule has 0 bridgehead atoms. The maximum Gasteiger partial charge on any atom is 0.289 e. The first kappa shape index (κ1) is 17.3. The largest absolute Gasteiger partial charge is 0.466 e. The summed E-state index contributed by atoms with van der Waals surface area (Å²) >= 11 is 0. The van der Waals surface area contributed by atoms with Crippen LogP contribution in [0.5, 0.6) is 0 Å². The van der Waals surface area contributed by atoms with Gasteiger partial charge in [0.05, 0.1) is 12.0 Å². The van der Waals surface area contributed by atoms with Crippen molar-refractivity contribution in [3.05, 3.63) is 47.3 Å². The Kier molecular flexibility index (Phi) is 4.94. The van der Waals surface area contributed by atoms with Crippen LogP contribution in [-0.4, -0.2) is 43.0 Å². The van der Waals surface area contributed by atoms with Crippen molar-refractivity contribution in [3.63, 3.8) is 0 Å². The smallest absolute Gasteiger partial charge is 0.289 e. The number of aryl methyl sites for hydroxylation is 1. The van der Waals surface area contributed by atoms with Gasteiger partial charge in [-0.25, -0.2) is 0 Å². The zero-order valence-corrected chi connectivity index (χ0v) is 14.6. The number of methoxy groups -OCH3 is 1. The Bertz CT molecular complexity index is 763. The molecule has 3 rings (SSSR count). The van der Waals surface area contributed by atoms with Crippen LogP contribution in [0.2, 0.25) is 0 Å². The van der Waals surface area contributed by atoms with Crippen LogP contribution in [0.4, 0.5) is 0 Å². The maximum absolute atomic E-state index is 12.7. The Balaban J connectivity index is 1.78. The molecule has 0 spiro atoms. The van der Waals surface area contributed by atoms with Crippen LogP contribution in [0.25, 0.3) is 0 Å². The van der Waals surface area contributed by atoms with Crippen LogP contribution < -0.4 is 5.32 Å².